The van der Waals surface area contributed by atoms with Crippen LogP contribution in [0.2, 0.25) is 0 Å². The minimum Gasteiger partial charge on any atom is -0.406 e. The van der Waals surface area contributed by atoms with Gasteiger partial charge in [0.2, 0.25) is 0 Å². The molecule has 0 aliphatic heterocycles. The summed E-state index contributed by atoms with van der Waals surface area (Å²) in [4.78, 5) is 12.4. The van der Waals surface area contributed by atoms with Crippen molar-refractivity contribution in [1.29, 1.82) is 0 Å². The highest BCUT2D eigenvalue weighted by atomic mass is 19.4. The summed E-state index contributed by atoms with van der Waals surface area (Å²) >= 11 is 0. The minimum atomic E-state index is -4.75. The molecule has 2 aromatic carbocycles. The molecule has 5 nitrogen and oxygen atoms in total. The minimum absolute atomic E-state index is 0.219. The van der Waals surface area contributed by atoms with E-state index >= 15 is 0 Å². The average molecular weight is 401 g/mol. The molecule has 1 aliphatic carbocycles. The molecule has 0 fully saturated rings. The smallest absolute Gasteiger partial charge is 0.406 e. The molecule has 3 aromatic rings. The zero-order valence-corrected chi connectivity index (χ0v) is 15.3. The number of carbonyl (C=O) groups excluding carboxylic acids is 1. The molecular weight excluding hydrogens is 383 g/mol. The number of nitrogens with one attached hydrogen (secondary N) is 1. The van der Waals surface area contributed by atoms with Gasteiger partial charge in [-0.05, 0) is 42.5 Å². The third-order valence-electron chi connectivity index (χ3n) is 4.87. The quantitative estimate of drug-likeness (QED) is 0.668. The molecular formula is C21H18F3N3O2. The van der Waals surface area contributed by atoms with Gasteiger partial charge in [-0.15, -0.1) is 0 Å². The van der Waals surface area contributed by atoms with Crippen LogP contribution in [-0.2, 0) is 12.6 Å². The molecule has 150 valence electrons. The molecule has 1 aromatic heterocycles. The highest BCUT2D eigenvalue weighted by molar-refractivity contribution is 5.71. The van der Waals surface area contributed by atoms with Gasteiger partial charge in [0.1, 0.15) is 0 Å². The van der Waals surface area contributed by atoms with Crippen LogP contribution in [0.1, 0.15) is 35.7 Å². The van der Waals surface area contributed by atoms with Gasteiger partial charge < -0.3 is 10.1 Å². The number of ether oxygens (including phenoxy) is 1. The summed E-state index contributed by atoms with van der Waals surface area (Å²) in [6.45, 7) is 0. The number of hydrogen-bond acceptors (Lipinski definition) is 3. The third-order valence-corrected chi connectivity index (χ3v) is 4.87. The second kappa shape index (κ2) is 7.62. The first-order chi connectivity index (χ1) is 13.9. The molecule has 1 atom stereocenters. The summed E-state index contributed by atoms with van der Waals surface area (Å²) in [6, 6.07) is 15.3. The second-order valence-corrected chi connectivity index (χ2v) is 6.78. The van der Waals surface area contributed by atoms with Gasteiger partial charge in [-0.25, -0.2) is 9.48 Å². The van der Waals surface area contributed by atoms with Crippen LogP contribution in [0.3, 0.4) is 0 Å². The van der Waals surface area contributed by atoms with Crippen LogP contribution in [0.15, 0.2) is 60.8 Å². The molecule has 1 amide bonds. The van der Waals surface area contributed by atoms with E-state index in [-0.39, 0.29) is 11.7 Å². The predicted molar refractivity (Wildman–Crippen MR) is 99.8 cm³/mol. The summed E-state index contributed by atoms with van der Waals surface area (Å²) < 4.78 is 46.7. The van der Waals surface area contributed by atoms with Crippen LogP contribution in [0.25, 0.3) is 5.69 Å². The maximum Gasteiger partial charge on any atom is 0.437 e. The van der Waals surface area contributed by atoms with Crippen molar-refractivity contribution < 1.29 is 22.7 Å². The highest BCUT2D eigenvalue weighted by Crippen LogP contribution is 2.38. The Morgan fingerprint density at radius 3 is 2.59 bits per heavy atom. The topological polar surface area (TPSA) is 56.1 Å². The standard InChI is InChI=1S/C21H18F3N3O2/c22-21(23,24)19-18(13-25-27(19)15-9-2-1-3-10-15)29-20(28)26-17-12-6-8-14-7-4-5-11-16(14)17/h1-5,7,9-11,13,17H,6,8,12H2,(H,26,28). The molecule has 0 bridgehead atoms. The number of fused-ring (bicyclic) bond motifs is 1. The Balaban J connectivity index is 1.57. The van der Waals surface area contributed by atoms with Gasteiger partial charge in [-0.1, -0.05) is 42.5 Å². The summed E-state index contributed by atoms with van der Waals surface area (Å²) in [5.74, 6) is -0.636. The summed E-state index contributed by atoms with van der Waals surface area (Å²) in [5, 5.41) is 6.47. The number of halogens is 3. The lowest BCUT2D eigenvalue weighted by atomic mass is 9.88. The SMILES string of the molecule is O=C(NC1CCCc2ccccc21)Oc1cnn(-c2ccccc2)c1C(F)(F)F. The highest BCUT2D eigenvalue weighted by Gasteiger charge is 2.40. The van der Waals surface area contributed by atoms with Crippen LogP contribution in [-0.4, -0.2) is 15.9 Å². The number of amides is 1. The first-order valence-corrected chi connectivity index (χ1v) is 9.20. The van der Waals surface area contributed by atoms with E-state index in [4.69, 9.17) is 4.74 Å². The van der Waals surface area contributed by atoms with Crippen molar-refractivity contribution in [2.45, 2.75) is 31.5 Å². The number of aryl methyl sites for hydroxylation is 1. The lowest BCUT2D eigenvalue weighted by Gasteiger charge is -2.25. The van der Waals surface area contributed by atoms with E-state index in [1.54, 1.807) is 18.2 Å². The Labute approximate surface area is 165 Å². The Morgan fingerprint density at radius 1 is 1.10 bits per heavy atom. The molecule has 1 unspecified atom stereocenters. The molecule has 0 radical (unpaired) electrons. The first kappa shape index (κ1) is 19.0. The Morgan fingerprint density at radius 2 is 1.83 bits per heavy atom. The van der Waals surface area contributed by atoms with E-state index < -0.39 is 23.7 Å². The zero-order chi connectivity index (χ0) is 20.4. The summed E-state index contributed by atoms with van der Waals surface area (Å²) in [6.07, 6.45) is -2.30. The molecule has 4 rings (SSSR count). The third kappa shape index (κ3) is 3.96. The van der Waals surface area contributed by atoms with E-state index in [0.29, 0.717) is 6.42 Å². The van der Waals surface area contributed by atoms with Crippen molar-refractivity contribution in [2.24, 2.45) is 0 Å². The number of benzene rings is 2. The van der Waals surface area contributed by atoms with Crippen molar-refractivity contribution in [3.05, 3.63) is 77.6 Å². The molecule has 1 heterocycles. The van der Waals surface area contributed by atoms with Gasteiger partial charge >= 0.3 is 12.3 Å². The second-order valence-electron chi connectivity index (χ2n) is 6.78. The fraction of sp³-hybridized carbons (Fsp3) is 0.238. The van der Waals surface area contributed by atoms with Gasteiger partial charge in [0.25, 0.3) is 0 Å². The van der Waals surface area contributed by atoms with Crippen LogP contribution >= 0.6 is 0 Å². The van der Waals surface area contributed by atoms with E-state index in [1.807, 2.05) is 24.3 Å². The normalized spacial score (nSPS) is 16.2. The lowest BCUT2D eigenvalue weighted by molar-refractivity contribution is -0.143. The summed E-state index contributed by atoms with van der Waals surface area (Å²) in [5.41, 5.74) is 1.17. The number of para-hydroxylation sites is 1. The maximum atomic E-state index is 13.7. The molecule has 8 heteroatoms. The van der Waals surface area contributed by atoms with E-state index in [0.717, 1.165) is 34.8 Å². The lowest BCUT2D eigenvalue weighted by Crippen LogP contribution is -2.33. The zero-order valence-electron chi connectivity index (χ0n) is 15.3. The number of nitrogens with zero attached hydrogens (tertiary/aromatic N) is 2. The van der Waals surface area contributed by atoms with Crippen LogP contribution < -0.4 is 10.1 Å². The van der Waals surface area contributed by atoms with Gasteiger partial charge in [-0.2, -0.15) is 18.3 Å². The van der Waals surface area contributed by atoms with Crippen molar-refractivity contribution >= 4 is 6.09 Å². The van der Waals surface area contributed by atoms with Crippen molar-refractivity contribution in [3.63, 3.8) is 0 Å². The Hall–Kier alpha value is -3.29. The summed E-state index contributed by atoms with van der Waals surface area (Å²) in [7, 11) is 0. The fourth-order valence-corrected chi connectivity index (χ4v) is 3.61. The predicted octanol–water partition coefficient (Wildman–Crippen LogP) is 5.06. The average Bonchev–Trinajstić information content (AvgIpc) is 3.13. The first-order valence-electron chi connectivity index (χ1n) is 9.20. The van der Waals surface area contributed by atoms with Crippen LogP contribution in [0.4, 0.5) is 18.0 Å². The molecule has 1 aliphatic rings. The van der Waals surface area contributed by atoms with Crippen LogP contribution in [0.5, 0.6) is 5.75 Å². The molecule has 29 heavy (non-hydrogen) atoms. The maximum absolute atomic E-state index is 13.7. The number of hydrogen-bond donors (Lipinski definition) is 1. The number of carbonyl (C=O) groups is 1. The Kier molecular flexibility index (Phi) is 5.00. The van der Waals surface area contributed by atoms with E-state index in [2.05, 4.69) is 10.4 Å². The molecule has 0 saturated carbocycles. The molecule has 0 spiro atoms. The number of rotatable bonds is 3. The monoisotopic (exact) mass is 401 g/mol. The number of alkyl halides is 3. The van der Waals surface area contributed by atoms with E-state index in [1.165, 1.54) is 12.1 Å². The Bertz CT molecular complexity index is 1020. The van der Waals surface area contributed by atoms with E-state index in [9.17, 15) is 18.0 Å². The van der Waals surface area contributed by atoms with Crippen LogP contribution in [0, 0.1) is 0 Å². The van der Waals surface area contributed by atoms with Crippen molar-refractivity contribution in [3.8, 4) is 11.4 Å². The van der Waals surface area contributed by atoms with Gasteiger partial charge in [0, 0.05) is 0 Å². The molecule has 1 N–H and O–H groups in total. The van der Waals surface area contributed by atoms with Gasteiger partial charge in [-0.3, -0.25) is 0 Å². The number of aromatic nitrogens is 2. The van der Waals surface area contributed by atoms with Gasteiger partial charge in [0.15, 0.2) is 11.4 Å². The molecule has 0 saturated heterocycles. The fourth-order valence-electron chi connectivity index (χ4n) is 3.61. The van der Waals surface area contributed by atoms with Crippen molar-refractivity contribution in [2.75, 3.05) is 0 Å². The van der Waals surface area contributed by atoms with Crippen molar-refractivity contribution in [1.82, 2.24) is 15.1 Å². The van der Waals surface area contributed by atoms with Gasteiger partial charge in [0.05, 0.1) is 17.9 Å². The largest absolute Gasteiger partial charge is 0.437 e.